The van der Waals surface area contributed by atoms with Gasteiger partial charge in [-0.25, -0.2) is 0 Å². The molecule has 1 aromatic rings. The first kappa shape index (κ1) is 16.8. The fraction of sp³-hybridized carbons (Fsp3) is 0.600. The normalized spacial score (nSPS) is 23.8. The Bertz CT molecular complexity index is 464. The third kappa shape index (κ3) is 5.31. The molecule has 118 valence electrons. The Morgan fingerprint density at radius 2 is 2.29 bits per heavy atom. The van der Waals surface area contributed by atoms with Crippen LogP contribution in [-0.4, -0.2) is 43.1 Å². The van der Waals surface area contributed by atoms with Crippen LogP contribution in [0.25, 0.3) is 0 Å². The summed E-state index contributed by atoms with van der Waals surface area (Å²) in [7, 11) is 0. The summed E-state index contributed by atoms with van der Waals surface area (Å²) in [6.07, 6.45) is 1.47. The summed E-state index contributed by atoms with van der Waals surface area (Å²) in [5.41, 5.74) is -0.0723. The third-order valence-electron chi connectivity index (χ3n) is 3.53. The predicted molar refractivity (Wildman–Crippen MR) is 84.4 cm³/mol. The van der Waals surface area contributed by atoms with E-state index >= 15 is 0 Å². The van der Waals surface area contributed by atoms with Crippen LogP contribution in [-0.2, 0) is 4.74 Å². The van der Waals surface area contributed by atoms with Crippen molar-refractivity contribution < 1.29 is 14.6 Å². The number of nitrogens with one attached hydrogen (secondary N) is 1. The molecule has 2 atom stereocenters. The SMILES string of the molecule is CC1(NCC(O)COc2ccc(Cl)cc2Cl)CCCOC1. The van der Waals surface area contributed by atoms with Gasteiger partial charge in [-0.05, 0) is 38.0 Å². The van der Waals surface area contributed by atoms with Crippen LogP contribution in [0.15, 0.2) is 18.2 Å². The summed E-state index contributed by atoms with van der Waals surface area (Å²) in [6, 6.07) is 5.01. The molecule has 0 saturated carbocycles. The molecule has 0 radical (unpaired) electrons. The van der Waals surface area contributed by atoms with E-state index in [1.54, 1.807) is 18.2 Å². The number of aliphatic hydroxyl groups is 1. The van der Waals surface area contributed by atoms with Crippen molar-refractivity contribution in [3.63, 3.8) is 0 Å². The van der Waals surface area contributed by atoms with Crippen molar-refractivity contribution in [3.8, 4) is 5.75 Å². The minimum atomic E-state index is -0.615. The highest BCUT2D eigenvalue weighted by molar-refractivity contribution is 6.35. The second-order valence-electron chi connectivity index (χ2n) is 5.64. The molecule has 1 aromatic carbocycles. The number of ether oxygens (including phenoxy) is 2. The average molecular weight is 334 g/mol. The zero-order valence-corrected chi connectivity index (χ0v) is 13.6. The molecule has 1 heterocycles. The lowest BCUT2D eigenvalue weighted by molar-refractivity contribution is 0.0184. The summed E-state index contributed by atoms with van der Waals surface area (Å²) in [5, 5.41) is 14.3. The van der Waals surface area contributed by atoms with Gasteiger partial charge in [-0.1, -0.05) is 23.2 Å². The Balaban J connectivity index is 1.75. The number of benzene rings is 1. The van der Waals surface area contributed by atoms with Crippen LogP contribution in [0.2, 0.25) is 10.0 Å². The van der Waals surface area contributed by atoms with Crippen molar-refractivity contribution in [2.45, 2.75) is 31.4 Å². The minimum Gasteiger partial charge on any atom is -0.489 e. The molecule has 2 unspecified atom stereocenters. The Hall–Kier alpha value is -0.520. The van der Waals surface area contributed by atoms with E-state index in [1.165, 1.54) is 0 Å². The van der Waals surface area contributed by atoms with Gasteiger partial charge >= 0.3 is 0 Å². The summed E-state index contributed by atoms with van der Waals surface area (Å²) in [5.74, 6) is 0.521. The van der Waals surface area contributed by atoms with Gasteiger partial charge in [0.25, 0.3) is 0 Å². The van der Waals surface area contributed by atoms with Crippen LogP contribution in [0.4, 0.5) is 0 Å². The van der Waals surface area contributed by atoms with Crippen molar-refractivity contribution in [1.29, 1.82) is 0 Å². The van der Waals surface area contributed by atoms with Gasteiger partial charge in [0.2, 0.25) is 0 Å². The largest absolute Gasteiger partial charge is 0.489 e. The van der Waals surface area contributed by atoms with Crippen molar-refractivity contribution in [2.75, 3.05) is 26.4 Å². The molecule has 0 spiro atoms. The lowest BCUT2D eigenvalue weighted by atomic mass is 9.95. The quantitative estimate of drug-likeness (QED) is 0.840. The molecule has 1 aliphatic rings. The number of rotatable bonds is 6. The van der Waals surface area contributed by atoms with Crippen molar-refractivity contribution in [3.05, 3.63) is 28.2 Å². The zero-order valence-electron chi connectivity index (χ0n) is 12.1. The number of hydrogen-bond acceptors (Lipinski definition) is 4. The topological polar surface area (TPSA) is 50.7 Å². The van der Waals surface area contributed by atoms with Gasteiger partial charge < -0.3 is 19.9 Å². The molecular weight excluding hydrogens is 313 g/mol. The van der Waals surface area contributed by atoms with E-state index in [4.69, 9.17) is 32.7 Å². The maximum atomic E-state index is 10.0. The first-order chi connectivity index (χ1) is 9.98. The van der Waals surface area contributed by atoms with Gasteiger partial charge in [0, 0.05) is 23.7 Å². The minimum absolute atomic E-state index is 0.0723. The average Bonchev–Trinajstić information content (AvgIpc) is 2.45. The van der Waals surface area contributed by atoms with E-state index in [-0.39, 0.29) is 12.1 Å². The fourth-order valence-corrected chi connectivity index (χ4v) is 2.74. The highest BCUT2D eigenvalue weighted by Gasteiger charge is 2.27. The summed E-state index contributed by atoms with van der Waals surface area (Å²) >= 11 is 11.8. The number of hydrogen-bond donors (Lipinski definition) is 2. The monoisotopic (exact) mass is 333 g/mol. The Kier molecular flexibility index (Phi) is 6.14. The molecule has 21 heavy (non-hydrogen) atoms. The van der Waals surface area contributed by atoms with Crippen LogP contribution >= 0.6 is 23.2 Å². The van der Waals surface area contributed by atoms with Crippen molar-refractivity contribution in [1.82, 2.24) is 5.32 Å². The highest BCUT2D eigenvalue weighted by atomic mass is 35.5. The maximum absolute atomic E-state index is 10.0. The first-order valence-corrected chi connectivity index (χ1v) is 7.83. The summed E-state index contributed by atoms with van der Waals surface area (Å²) in [4.78, 5) is 0. The number of aliphatic hydroxyl groups excluding tert-OH is 1. The Morgan fingerprint density at radius 1 is 1.48 bits per heavy atom. The van der Waals surface area contributed by atoms with Crippen molar-refractivity contribution in [2.24, 2.45) is 0 Å². The first-order valence-electron chi connectivity index (χ1n) is 7.07. The lowest BCUT2D eigenvalue weighted by Crippen LogP contribution is -2.51. The van der Waals surface area contributed by atoms with E-state index in [1.807, 2.05) is 0 Å². The number of β-amino-alcohol motifs (C(OH)–C–C–N with tert-alkyl or cyclic N) is 1. The molecule has 0 aromatic heterocycles. The maximum Gasteiger partial charge on any atom is 0.138 e. The molecular formula is C15H21Cl2NO3. The van der Waals surface area contributed by atoms with Gasteiger partial charge in [-0.15, -0.1) is 0 Å². The van der Waals surface area contributed by atoms with Gasteiger partial charge in [-0.3, -0.25) is 0 Å². The Labute approximate surface area is 135 Å². The predicted octanol–water partition coefficient (Wildman–Crippen LogP) is 2.89. The van der Waals surface area contributed by atoms with E-state index in [0.29, 0.717) is 28.9 Å². The van der Waals surface area contributed by atoms with Gasteiger partial charge in [0.15, 0.2) is 0 Å². The molecule has 0 aliphatic carbocycles. The van der Waals surface area contributed by atoms with Crippen LogP contribution in [0.5, 0.6) is 5.75 Å². The molecule has 1 fully saturated rings. The molecule has 0 amide bonds. The van der Waals surface area contributed by atoms with Gasteiger partial charge in [0.05, 0.1) is 11.6 Å². The molecule has 1 saturated heterocycles. The molecule has 6 heteroatoms. The lowest BCUT2D eigenvalue weighted by Gasteiger charge is -2.35. The third-order valence-corrected chi connectivity index (χ3v) is 4.06. The van der Waals surface area contributed by atoms with E-state index in [2.05, 4.69) is 12.2 Å². The van der Waals surface area contributed by atoms with Crippen LogP contribution in [0.1, 0.15) is 19.8 Å². The smallest absolute Gasteiger partial charge is 0.138 e. The van der Waals surface area contributed by atoms with Gasteiger partial charge in [0.1, 0.15) is 18.5 Å². The van der Waals surface area contributed by atoms with Gasteiger partial charge in [-0.2, -0.15) is 0 Å². The van der Waals surface area contributed by atoms with Crippen LogP contribution in [0.3, 0.4) is 0 Å². The van der Waals surface area contributed by atoms with E-state index in [9.17, 15) is 5.11 Å². The second-order valence-corrected chi connectivity index (χ2v) is 6.48. The molecule has 2 rings (SSSR count). The highest BCUT2D eigenvalue weighted by Crippen LogP contribution is 2.27. The summed E-state index contributed by atoms with van der Waals surface area (Å²) < 4.78 is 11.0. The molecule has 4 nitrogen and oxygen atoms in total. The fourth-order valence-electron chi connectivity index (χ4n) is 2.27. The number of halogens is 2. The molecule has 2 N–H and O–H groups in total. The van der Waals surface area contributed by atoms with Crippen molar-refractivity contribution >= 4 is 23.2 Å². The molecule has 0 bridgehead atoms. The van der Waals surface area contributed by atoms with E-state index < -0.39 is 6.10 Å². The summed E-state index contributed by atoms with van der Waals surface area (Å²) in [6.45, 7) is 4.22. The van der Waals surface area contributed by atoms with Crippen LogP contribution < -0.4 is 10.1 Å². The Morgan fingerprint density at radius 3 is 2.95 bits per heavy atom. The van der Waals surface area contributed by atoms with E-state index in [0.717, 1.165) is 19.4 Å². The standard InChI is InChI=1S/C15H21Cl2NO3/c1-15(5-2-6-20-10-15)18-8-12(19)9-21-14-4-3-11(16)7-13(14)17/h3-4,7,12,18-19H,2,5-6,8-10H2,1H3. The van der Waals surface area contributed by atoms with Crippen LogP contribution in [0, 0.1) is 0 Å². The second kappa shape index (κ2) is 7.65. The zero-order chi connectivity index (χ0) is 15.3. The molecule has 1 aliphatic heterocycles.